The highest BCUT2D eigenvalue weighted by atomic mass is 35.5. The molecule has 0 saturated carbocycles. The Balaban J connectivity index is 3.21. The molecule has 0 atom stereocenters. The highest BCUT2D eigenvalue weighted by molar-refractivity contribution is 6.33. The molecule has 0 fully saturated rings. The van der Waals surface area contributed by atoms with Gasteiger partial charge in [-0.3, -0.25) is 0 Å². The number of benzene rings is 1. The molecule has 0 bridgehead atoms. The molecule has 0 amide bonds. The molecule has 1 aromatic rings. The Morgan fingerprint density at radius 2 is 2.27 bits per heavy atom. The van der Waals surface area contributed by atoms with E-state index >= 15 is 0 Å². The van der Waals surface area contributed by atoms with Gasteiger partial charge in [0.05, 0.1) is 28.8 Å². The van der Waals surface area contributed by atoms with E-state index in [4.69, 9.17) is 21.6 Å². The van der Waals surface area contributed by atoms with Crippen molar-refractivity contribution < 1.29 is 9.53 Å². The minimum Gasteiger partial charge on any atom is -0.462 e. The maximum Gasteiger partial charge on any atom is 0.339 e. The van der Waals surface area contributed by atoms with Gasteiger partial charge in [-0.1, -0.05) is 11.6 Å². The summed E-state index contributed by atoms with van der Waals surface area (Å²) < 4.78 is 4.86. The van der Waals surface area contributed by atoms with Crippen molar-refractivity contribution >= 4 is 17.6 Å². The van der Waals surface area contributed by atoms with Crippen molar-refractivity contribution in [1.29, 1.82) is 5.26 Å². The van der Waals surface area contributed by atoms with Crippen LogP contribution in [0.3, 0.4) is 0 Å². The second-order valence-corrected chi connectivity index (χ2v) is 3.39. The molecular weight excluding hydrogens is 214 g/mol. The number of hydrogen-bond donors (Lipinski definition) is 0. The van der Waals surface area contributed by atoms with Crippen molar-refractivity contribution in [3.63, 3.8) is 0 Å². The minimum atomic E-state index is -0.454. The number of nitrogens with zero attached hydrogens (tertiary/aromatic N) is 1. The molecule has 4 heteroatoms. The van der Waals surface area contributed by atoms with E-state index in [2.05, 4.69) is 0 Å². The van der Waals surface area contributed by atoms with E-state index in [0.29, 0.717) is 23.3 Å². The zero-order chi connectivity index (χ0) is 11.4. The summed E-state index contributed by atoms with van der Waals surface area (Å²) in [5.74, 6) is -0.454. The first-order valence-corrected chi connectivity index (χ1v) is 4.85. The number of hydrogen-bond acceptors (Lipinski definition) is 3. The van der Waals surface area contributed by atoms with E-state index in [-0.39, 0.29) is 5.02 Å². The zero-order valence-electron chi connectivity index (χ0n) is 8.50. The molecule has 0 aromatic heterocycles. The van der Waals surface area contributed by atoms with Gasteiger partial charge in [0, 0.05) is 0 Å². The van der Waals surface area contributed by atoms with Gasteiger partial charge < -0.3 is 4.74 Å². The van der Waals surface area contributed by atoms with Crippen molar-refractivity contribution in [3.8, 4) is 6.07 Å². The van der Waals surface area contributed by atoms with Gasteiger partial charge in [-0.15, -0.1) is 0 Å². The fourth-order valence-electron chi connectivity index (χ4n) is 1.27. The highest BCUT2D eigenvalue weighted by Gasteiger charge is 2.15. The lowest BCUT2D eigenvalue weighted by Crippen LogP contribution is -2.07. The number of esters is 1. The number of carbonyl (C=O) groups excluding carboxylic acids is 1. The van der Waals surface area contributed by atoms with Crippen LogP contribution < -0.4 is 0 Å². The summed E-state index contributed by atoms with van der Waals surface area (Å²) >= 11 is 5.89. The van der Waals surface area contributed by atoms with Crippen LogP contribution in [0.15, 0.2) is 12.1 Å². The maximum atomic E-state index is 11.5. The third kappa shape index (κ3) is 2.48. The Labute approximate surface area is 93.2 Å². The molecule has 0 aliphatic heterocycles. The fraction of sp³-hybridized carbons (Fsp3) is 0.273. The summed E-state index contributed by atoms with van der Waals surface area (Å²) in [5, 5.41) is 8.95. The van der Waals surface area contributed by atoms with Gasteiger partial charge in [0.2, 0.25) is 0 Å². The lowest BCUT2D eigenvalue weighted by Gasteiger charge is -2.07. The Morgan fingerprint density at radius 1 is 1.60 bits per heavy atom. The van der Waals surface area contributed by atoms with Crippen LogP contribution in [0.2, 0.25) is 5.02 Å². The van der Waals surface area contributed by atoms with Gasteiger partial charge in [0.15, 0.2) is 0 Å². The molecule has 0 radical (unpaired) electrons. The average molecular weight is 224 g/mol. The first kappa shape index (κ1) is 11.5. The Hall–Kier alpha value is -1.53. The quantitative estimate of drug-likeness (QED) is 0.725. The molecule has 15 heavy (non-hydrogen) atoms. The molecule has 0 heterocycles. The molecule has 78 valence electrons. The number of carbonyl (C=O) groups is 1. The van der Waals surface area contributed by atoms with Crippen molar-refractivity contribution in [2.24, 2.45) is 0 Å². The minimum absolute atomic E-state index is 0.255. The number of halogens is 1. The standard InChI is InChI=1S/C11H10ClNO2/c1-3-15-11(14)10-7(2)4-8(6-13)5-9(10)12/h4-5H,3H2,1-2H3. The van der Waals surface area contributed by atoms with E-state index in [1.165, 1.54) is 6.07 Å². The van der Waals surface area contributed by atoms with Crippen LogP contribution in [-0.2, 0) is 4.74 Å². The van der Waals surface area contributed by atoms with E-state index in [1.807, 2.05) is 6.07 Å². The van der Waals surface area contributed by atoms with Crippen LogP contribution in [0, 0.1) is 18.3 Å². The van der Waals surface area contributed by atoms with E-state index in [0.717, 1.165) is 0 Å². The van der Waals surface area contributed by atoms with Crippen LogP contribution in [0.5, 0.6) is 0 Å². The molecule has 0 saturated heterocycles. The molecule has 0 aliphatic rings. The summed E-state index contributed by atoms with van der Waals surface area (Å²) in [6, 6.07) is 5.04. The van der Waals surface area contributed by atoms with Gasteiger partial charge in [0.25, 0.3) is 0 Å². The van der Waals surface area contributed by atoms with Crippen LogP contribution >= 0.6 is 11.6 Å². The van der Waals surface area contributed by atoms with Crippen molar-refractivity contribution in [3.05, 3.63) is 33.8 Å². The van der Waals surface area contributed by atoms with Crippen LogP contribution in [-0.4, -0.2) is 12.6 Å². The smallest absolute Gasteiger partial charge is 0.339 e. The third-order valence-electron chi connectivity index (χ3n) is 1.90. The van der Waals surface area contributed by atoms with Gasteiger partial charge >= 0.3 is 5.97 Å². The topological polar surface area (TPSA) is 50.1 Å². The Bertz CT molecular complexity index is 412. The van der Waals surface area contributed by atoms with E-state index in [1.54, 1.807) is 19.9 Å². The monoisotopic (exact) mass is 223 g/mol. The fourth-order valence-corrected chi connectivity index (χ4v) is 1.61. The van der Waals surface area contributed by atoms with Crippen LogP contribution in [0.1, 0.15) is 28.4 Å². The predicted octanol–water partition coefficient (Wildman–Crippen LogP) is 2.70. The lowest BCUT2D eigenvalue weighted by molar-refractivity contribution is 0.0526. The summed E-state index contributed by atoms with van der Waals surface area (Å²) in [6.07, 6.45) is 0. The molecule has 3 nitrogen and oxygen atoms in total. The largest absolute Gasteiger partial charge is 0.462 e. The number of ether oxygens (including phenoxy) is 1. The van der Waals surface area contributed by atoms with Gasteiger partial charge in [0.1, 0.15) is 0 Å². The number of rotatable bonds is 2. The van der Waals surface area contributed by atoms with E-state index < -0.39 is 5.97 Å². The Morgan fingerprint density at radius 3 is 2.73 bits per heavy atom. The normalized spacial score (nSPS) is 9.47. The molecule has 1 rings (SSSR count). The van der Waals surface area contributed by atoms with Gasteiger partial charge in [-0.05, 0) is 31.5 Å². The Kier molecular flexibility index (Phi) is 3.70. The van der Waals surface area contributed by atoms with Gasteiger partial charge in [-0.25, -0.2) is 4.79 Å². The summed E-state index contributed by atoms with van der Waals surface area (Å²) in [5.41, 5.74) is 1.42. The van der Waals surface area contributed by atoms with Crippen molar-refractivity contribution in [2.75, 3.05) is 6.61 Å². The van der Waals surface area contributed by atoms with Crippen LogP contribution in [0.25, 0.3) is 0 Å². The number of aryl methyl sites for hydroxylation is 1. The molecule has 0 aliphatic carbocycles. The maximum absolute atomic E-state index is 11.5. The molecule has 1 aromatic carbocycles. The predicted molar refractivity (Wildman–Crippen MR) is 56.9 cm³/mol. The first-order chi connectivity index (χ1) is 7.10. The molecular formula is C11H10ClNO2. The van der Waals surface area contributed by atoms with Crippen LogP contribution in [0.4, 0.5) is 0 Å². The van der Waals surface area contributed by atoms with Crippen molar-refractivity contribution in [2.45, 2.75) is 13.8 Å². The van der Waals surface area contributed by atoms with E-state index in [9.17, 15) is 4.79 Å². The van der Waals surface area contributed by atoms with Crippen molar-refractivity contribution in [1.82, 2.24) is 0 Å². The second-order valence-electron chi connectivity index (χ2n) is 2.98. The molecule has 0 spiro atoms. The summed E-state index contributed by atoms with van der Waals surface area (Å²) in [7, 11) is 0. The zero-order valence-corrected chi connectivity index (χ0v) is 9.26. The lowest BCUT2D eigenvalue weighted by atomic mass is 10.1. The SMILES string of the molecule is CCOC(=O)c1c(C)cc(C#N)cc1Cl. The molecule has 0 N–H and O–H groups in total. The molecule has 0 unspecified atom stereocenters. The number of nitriles is 1. The van der Waals surface area contributed by atoms with Gasteiger partial charge in [-0.2, -0.15) is 5.26 Å². The average Bonchev–Trinajstić information content (AvgIpc) is 2.16. The second kappa shape index (κ2) is 4.81. The highest BCUT2D eigenvalue weighted by Crippen LogP contribution is 2.22. The summed E-state index contributed by atoms with van der Waals surface area (Å²) in [4.78, 5) is 11.5. The third-order valence-corrected chi connectivity index (χ3v) is 2.19. The first-order valence-electron chi connectivity index (χ1n) is 4.47. The summed E-state index contributed by atoms with van der Waals surface area (Å²) in [6.45, 7) is 3.75.